The van der Waals surface area contributed by atoms with Gasteiger partial charge in [0, 0.05) is 11.1 Å². The van der Waals surface area contributed by atoms with Crippen LogP contribution in [0.25, 0.3) is 0 Å². The predicted octanol–water partition coefficient (Wildman–Crippen LogP) is 3.15. The van der Waals surface area contributed by atoms with Gasteiger partial charge >= 0.3 is 0 Å². The second-order valence-corrected chi connectivity index (χ2v) is 8.60. The van der Waals surface area contributed by atoms with Crippen molar-refractivity contribution in [1.82, 2.24) is 10.0 Å². The highest BCUT2D eigenvalue weighted by atomic mass is 35.5. The third kappa shape index (κ3) is 5.95. The van der Waals surface area contributed by atoms with Crippen LogP contribution in [0.15, 0.2) is 53.4 Å². The van der Waals surface area contributed by atoms with E-state index >= 15 is 0 Å². The lowest BCUT2D eigenvalue weighted by molar-refractivity contribution is -0.123. The lowest BCUT2D eigenvalue weighted by Gasteiger charge is -2.21. The van der Waals surface area contributed by atoms with E-state index in [9.17, 15) is 13.2 Å². The van der Waals surface area contributed by atoms with Gasteiger partial charge in [0.25, 0.3) is 0 Å². The third-order valence-corrected chi connectivity index (χ3v) is 6.04. The van der Waals surface area contributed by atoms with Crippen molar-refractivity contribution in [2.24, 2.45) is 0 Å². The highest BCUT2D eigenvalue weighted by Crippen LogP contribution is 2.27. The van der Waals surface area contributed by atoms with Gasteiger partial charge in [0.2, 0.25) is 15.9 Å². The Hall–Kier alpha value is -2.09. The second kappa shape index (κ2) is 9.91. The van der Waals surface area contributed by atoms with E-state index in [2.05, 4.69) is 10.0 Å². The molecule has 28 heavy (non-hydrogen) atoms. The van der Waals surface area contributed by atoms with Gasteiger partial charge in [-0.3, -0.25) is 4.79 Å². The number of benzene rings is 2. The molecule has 0 spiro atoms. The molecule has 0 aliphatic carbocycles. The van der Waals surface area contributed by atoms with Crippen molar-refractivity contribution in [3.05, 3.63) is 59.1 Å². The maximum atomic E-state index is 13.0. The summed E-state index contributed by atoms with van der Waals surface area (Å²) in [6.45, 7) is 3.81. The molecule has 152 valence electrons. The van der Waals surface area contributed by atoms with Crippen molar-refractivity contribution in [2.75, 3.05) is 7.11 Å². The number of rotatable bonds is 9. The number of carbonyl (C=O) groups is 1. The van der Waals surface area contributed by atoms with Crippen LogP contribution >= 0.6 is 11.6 Å². The van der Waals surface area contributed by atoms with Gasteiger partial charge in [0.15, 0.2) is 0 Å². The Morgan fingerprint density at radius 1 is 1.18 bits per heavy atom. The molecule has 0 fully saturated rings. The molecule has 8 heteroatoms. The first-order chi connectivity index (χ1) is 13.3. The molecule has 0 saturated carbocycles. The monoisotopic (exact) mass is 424 g/mol. The van der Waals surface area contributed by atoms with Gasteiger partial charge in [-0.2, -0.15) is 4.72 Å². The molecule has 2 N–H and O–H groups in total. The number of carbonyl (C=O) groups excluding carboxylic acids is 1. The van der Waals surface area contributed by atoms with Gasteiger partial charge in [-0.1, -0.05) is 48.9 Å². The molecule has 0 bridgehead atoms. The predicted molar refractivity (Wildman–Crippen MR) is 110 cm³/mol. The number of ether oxygens (including phenoxy) is 1. The molecule has 0 heterocycles. The molecule has 0 saturated heterocycles. The lowest BCUT2D eigenvalue weighted by atomic mass is 10.1. The summed E-state index contributed by atoms with van der Waals surface area (Å²) in [5, 5.41) is 3.10. The Morgan fingerprint density at radius 2 is 1.86 bits per heavy atom. The summed E-state index contributed by atoms with van der Waals surface area (Å²) in [4.78, 5) is 12.6. The summed E-state index contributed by atoms with van der Waals surface area (Å²) in [5.74, 6) is -0.236. The minimum Gasteiger partial charge on any atom is -0.495 e. The number of hydrogen-bond acceptors (Lipinski definition) is 4. The molecule has 6 nitrogen and oxygen atoms in total. The van der Waals surface area contributed by atoms with Crippen molar-refractivity contribution in [1.29, 1.82) is 0 Å². The van der Waals surface area contributed by atoms with Crippen LogP contribution in [-0.2, 0) is 21.2 Å². The first-order valence-electron chi connectivity index (χ1n) is 8.97. The zero-order chi connectivity index (χ0) is 20.7. The zero-order valence-electron chi connectivity index (χ0n) is 16.1. The van der Waals surface area contributed by atoms with Crippen LogP contribution < -0.4 is 14.8 Å². The van der Waals surface area contributed by atoms with E-state index in [1.54, 1.807) is 0 Å². The standard InChI is InChI=1S/C20H25ClN2O4S/c1-4-14(2)22-20(24)17(12-15-8-6-5-7-9-15)23-28(25,26)19-13-16(21)10-11-18(19)27-3/h5-11,13-14,17,23H,4,12H2,1-3H3,(H,22,24)/t14-,17+/m1/s1. The largest absolute Gasteiger partial charge is 0.495 e. The van der Waals surface area contributed by atoms with Crippen molar-refractivity contribution in [3.63, 3.8) is 0 Å². The number of methoxy groups -OCH3 is 1. The average molecular weight is 425 g/mol. The van der Waals surface area contributed by atoms with E-state index in [0.717, 1.165) is 12.0 Å². The minimum absolute atomic E-state index is 0.0732. The summed E-state index contributed by atoms with van der Waals surface area (Å²) in [5.41, 5.74) is 0.840. The molecule has 2 atom stereocenters. The number of hydrogen-bond donors (Lipinski definition) is 2. The maximum Gasteiger partial charge on any atom is 0.245 e. The van der Waals surface area contributed by atoms with Crippen LogP contribution in [0.1, 0.15) is 25.8 Å². The quantitative estimate of drug-likeness (QED) is 0.647. The van der Waals surface area contributed by atoms with E-state index < -0.39 is 16.1 Å². The number of amides is 1. The van der Waals surface area contributed by atoms with Crippen LogP contribution in [0.5, 0.6) is 5.75 Å². The van der Waals surface area contributed by atoms with Crippen molar-refractivity contribution in [3.8, 4) is 5.75 Å². The molecule has 2 aromatic carbocycles. The highest BCUT2D eigenvalue weighted by molar-refractivity contribution is 7.89. The Kier molecular flexibility index (Phi) is 7.86. The molecule has 2 rings (SSSR count). The molecule has 2 aromatic rings. The Labute approximate surface area is 171 Å². The summed E-state index contributed by atoms with van der Waals surface area (Å²) in [6.07, 6.45) is 0.948. The molecule has 0 aromatic heterocycles. The van der Waals surface area contributed by atoms with Crippen LogP contribution in [0, 0.1) is 0 Å². The Morgan fingerprint density at radius 3 is 2.46 bits per heavy atom. The normalized spacial score (nSPS) is 13.6. The van der Waals surface area contributed by atoms with E-state index in [1.165, 1.54) is 25.3 Å². The van der Waals surface area contributed by atoms with Gasteiger partial charge in [0.1, 0.15) is 16.7 Å². The summed E-state index contributed by atoms with van der Waals surface area (Å²) >= 11 is 5.97. The number of halogens is 1. The van der Waals surface area contributed by atoms with Crippen molar-refractivity contribution in [2.45, 2.75) is 43.7 Å². The fraction of sp³-hybridized carbons (Fsp3) is 0.350. The van der Waals surface area contributed by atoms with Crippen molar-refractivity contribution < 1.29 is 17.9 Å². The topological polar surface area (TPSA) is 84.5 Å². The van der Waals surface area contributed by atoms with Gasteiger partial charge in [-0.05, 0) is 43.5 Å². The lowest BCUT2D eigenvalue weighted by Crippen LogP contribution is -2.50. The molecular weight excluding hydrogens is 400 g/mol. The van der Waals surface area contributed by atoms with Crippen molar-refractivity contribution >= 4 is 27.5 Å². The molecule has 0 unspecified atom stereocenters. The Balaban J connectivity index is 2.35. The van der Waals surface area contributed by atoms with Gasteiger partial charge in [-0.25, -0.2) is 8.42 Å². The average Bonchev–Trinajstić information content (AvgIpc) is 2.68. The van der Waals surface area contributed by atoms with E-state index in [1.807, 2.05) is 44.2 Å². The molecule has 0 radical (unpaired) electrons. The smallest absolute Gasteiger partial charge is 0.245 e. The van der Waals surface area contributed by atoms with Crippen LogP contribution in [0.4, 0.5) is 0 Å². The van der Waals surface area contributed by atoms with Gasteiger partial charge in [-0.15, -0.1) is 0 Å². The van der Waals surface area contributed by atoms with E-state index in [-0.39, 0.29) is 34.0 Å². The van der Waals surface area contributed by atoms with E-state index in [4.69, 9.17) is 16.3 Å². The number of sulfonamides is 1. The first kappa shape index (κ1) is 22.2. The van der Waals surface area contributed by atoms with E-state index in [0.29, 0.717) is 0 Å². The second-order valence-electron chi connectivity index (χ2n) is 6.48. The van der Waals surface area contributed by atoms with Gasteiger partial charge < -0.3 is 10.1 Å². The third-order valence-electron chi connectivity index (χ3n) is 4.31. The van der Waals surface area contributed by atoms with Gasteiger partial charge in [0.05, 0.1) is 7.11 Å². The summed E-state index contributed by atoms with van der Waals surface area (Å²) < 4.78 is 33.7. The molecule has 0 aliphatic rings. The summed E-state index contributed by atoms with van der Waals surface area (Å²) in [7, 11) is -2.68. The van der Waals surface area contributed by atoms with Crippen LogP contribution in [-0.4, -0.2) is 33.5 Å². The fourth-order valence-corrected chi connectivity index (χ4v) is 4.22. The molecule has 1 amide bonds. The maximum absolute atomic E-state index is 13.0. The first-order valence-corrected chi connectivity index (χ1v) is 10.8. The zero-order valence-corrected chi connectivity index (χ0v) is 17.7. The van der Waals surface area contributed by atoms with Crippen LogP contribution in [0.3, 0.4) is 0 Å². The minimum atomic E-state index is -4.05. The SMILES string of the molecule is CC[C@@H](C)NC(=O)[C@H](Cc1ccccc1)NS(=O)(=O)c1cc(Cl)ccc1OC. The molecular formula is C20H25ClN2O4S. The molecule has 0 aliphatic heterocycles. The summed E-state index contributed by atoms with van der Waals surface area (Å²) in [6, 6.07) is 12.5. The Bertz CT molecular complexity index is 904. The number of nitrogens with one attached hydrogen (secondary N) is 2. The highest BCUT2D eigenvalue weighted by Gasteiger charge is 2.29. The fourth-order valence-electron chi connectivity index (χ4n) is 2.59. The van der Waals surface area contributed by atoms with Crippen LogP contribution in [0.2, 0.25) is 5.02 Å².